The minimum atomic E-state index is -3.62. The van der Waals surface area contributed by atoms with Crippen LogP contribution in [0.25, 0.3) is 0 Å². The van der Waals surface area contributed by atoms with E-state index in [1.807, 2.05) is 0 Å². The third-order valence-corrected chi connectivity index (χ3v) is 4.01. The van der Waals surface area contributed by atoms with Crippen molar-refractivity contribution in [3.05, 3.63) is 29.8 Å². The van der Waals surface area contributed by atoms with Gasteiger partial charge >= 0.3 is 5.97 Å². The van der Waals surface area contributed by atoms with Crippen LogP contribution in [-0.2, 0) is 14.8 Å². The van der Waals surface area contributed by atoms with Gasteiger partial charge in [0.1, 0.15) is 0 Å². The van der Waals surface area contributed by atoms with Gasteiger partial charge in [-0.3, -0.25) is 0 Å². The molecule has 1 unspecified atom stereocenters. The van der Waals surface area contributed by atoms with Gasteiger partial charge in [-0.05, 0) is 44.5 Å². The Hall–Kier alpha value is -1.44. The predicted molar refractivity (Wildman–Crippen MR) is 73.9 cm³/mol. The third-order valence-electron chi connectivity index (χ3n) is 2.53. The van der Waals surface area contributed by atoms with Gasteiger partial charge < -0.3 is 9.84 Å². The highest BCUT2D eigenvalue weighted by Gasteiger charge is 2.15. The number of aliphatic hydroxyl groups is 1. The lowest BCUT2D eigenvalue weighted by Gasteiger charge is -2.08. The minimum Gasteiger partial charge on any atom is -0.462 e. The summed E-state index contributed by atoms with van der Waals surface area (Å²) in [6, 6.07) is 5.50. The van der Waals surface area contributed by atoms with Crippen LogP contribution in [0.1, 0.15) is 30.6 Å². The summed E-state index contributed by atoms with van der Waals surface area (Å²) in [4.78, 5) is 11.5. The number of esters is 1. The second-order valence-electron chi connectivity index (χ2n) is 4.28. The quantitative estimate of drug-likeness (QED) is 0.730. The smallest absolute Gasteiger partial charge is 0.338 e. The summed E-state index contributed by atoms with van der Waals surface area (Å²) in [6.45, 7) is 3.70. The molecule has 1 atom stereocenters. The van der Waals surface area contributed by atoms with E-state index in [0.29, 0.717) is 12.0 Å². The van der Waals surface area contributed by atoms with Gasteiger partial charge in [0, 0.05) is 6.54 Å². The van der Waals surface area contributed by atoms with E-state index in [2.05, 4.69) is 4.72 Å². The number of hydrogen-bond donors (Lipinski definition) is 2. The first kappa shape index (κ1) is 16.6. The number of hydrogen-bond acceptors (Lipinski definition) is 5. The van der Waals surface area contributed by atoms with Crippen LogP contribution in [0.2, 0.25) is 0 Å². The molecule has 0 saturated heterocycles. The first-order valence-corrected chi connectivity index (χ1v) is 7.80. The molecule has 0 bridgehead atoms. The number of rotatable bonds is 7. The van der Waals surface area contributed by atoms with E-state index in [1.165, 1.54) is 24.3 Å². The van der Waals surface area contributed by atoms with Crippen LogP contribution < -0.4 is 4.72 Å². The van der Waals surface area contributed by atoms with Crippen LogP contribution in [-0.4, -0.2) is 38.7 Å². The zero-order chi connectivity index (χ0) is 15.2. The average molecular weight is 301 g/mol. The Morgan fingerprint density at radius 3 is 2.45 bits per heavy atom. The van der Waals surface area contributed by atoms with E-state index in [0.717, 1.165) is 0 Å². The molecule has 0 aliphatic carbocycles. The van der Waals surface area contributed by atoms with Crippen molar-refractivity contribution in [2.45, 2.75) is 31.3 Å². The van der Waals surface area contributed by atoms with Crippen molar-refractivity contribution in [2.24, 2.45) is 0 Å². The standard InChI is InChI=1S/C13H19NO5S/c1-3-19-13(16)11-4-6-12(7-5-11)20(17,18)14-9-8-10(2)15/h4-7,10,14-15H,3,8-9H2,1-2H3. The molecule has 0 aliphatic rings. The van der Waals surface area contributed by atoms with E-state index in [9.17, 15) is 13.2 Å². The number of sulfonamides is 1. The topological polar surface area (TPSA) is 92.7 Å². The van der Waals surface area contributed by atoms with Crippen molar-refractivity contribution >= 4 is 16.0 Å². The summed E-state index contributed by atoms with van der Waals surface area (Å²) in [6.07, 6.45) is -0.232. The number of aliphatic hydroxyl groups excluding tert-OH is 1. The van der Waals surface area contributed by atoms with Crippen LogP contribution in [0.4, 0.5) is 0 Å². The van der Waals surface area contributed by atoms with Crippen LogP contribution in [0, 0.1) is 0 Å². The first-order valence-electron chi connectivity index (χ1n) is 6.31. The summed E-state index contributed by atoms with van der Waals surface area (Å²) >= 11 is 0. The molecule has 7 heteroatoms. The second-order valence-corrected chi connectivity index (χ2v) is 6.05. The minimum absolute atomic E-state index is 0.0659. The molecule has 20 heavy (non-hydrogen) atoms. The van der Waals surface area contributed by atoms with Crippen molar-refractivity contribution < 1.29 is 23.1 Å². The van der Waals surface area contributed by atoms with Crippen LogP contribution in [0.15, 0.2) is 29.2 Å². The largest absolute Gasteiger partial charge is 0.462 e. The molecule has 2 N–H and O–H groups in total. The van der Waals surface area contributed by atoms with Crippen molar-refractivity contribution in [3.63, 3.8) is 0 Å². The molecule has 6 nitrogen and oxygen atoms in total. The SMILES string of the molecule is CCOC(=O)c1ccc(S(=O)(=O)NCCC(C)O)cc1. The number of ether oxygens (including phenoxy) is 1. The zero-order valence-electron chi connectivity index (χ0n) is 11.5. The van der Waals surface area contributed by atoms with Gasteiger partial charge in [-0.2, -0.15) is 0 Å². The molecule has 0 radical (unpaired) electrons. The van der Waals surface area contributed by atoms with Gasteiger partial charge in [-0.25, -0.2) is 17.9 Å². The summed E-state index contributed by atoms with van der Waals surface area (Å²) in [5, 5.41) is 9.08. The van der Waals surface area contributed by atoms with E-state index < -0.39 is 22.1 Å². The second kappa shape index (κ2) is 7.37. The average Bonchev–Trinajstić information content (AvgIpc) is 2.38. The normalized spacial score (nSPS) is 12.9. The lowest BCUT2D eigenvalue weighted by molar-refractivity contribution is 0.0526. The van der Waals surface area contributed by atoms with Crippen molar-refractivity contribution in [1.29, 1.82) is 0 Å². The fourth-order valence-corrected chi connectivity index (χ4v) is 2.52. The molecule has 0 spiro atoms. The molecule has 1 rings (SSSR count). The molecule has 0 fully saturated rings. The number of benzene rings is 1. The van der Waals surface area contributed by atoms with Crippen LogP contribution in [0.3, 0.4) is 0 Å². The summed E-state index contributed by atoms with van der Waals surface area (Å²) in [5.41, 5.74) is 0.301. The summed E-state index contributed by atoms with van der Waals surface area (Å²) < 4.78 is 31.0. The lowest BCUT2D eigenvalue weighted by atomic mass is 10.2. The molecule has 0 heterocycles. The van der Waals surface area contributed by atoms with E-state index in [4.69, 9.17) is 9.84 Å². The number of nitrogens with one attached hydrogen (secondary N) is 1. The third kappa shape index (κ3) is 4.92. The molecular formula is C13H19NO5S. The number of carbonyl (C=O) groups excluding carboxylic acids is 1. The van der Waals surface area contributed by atoms with Gasteiger partial charge in [-0.1, -0.05) is 0 Å². The molecule has 0 saturated carbocycles. The maximum atomic E-state index is 11.9. The fraction of sp³-hybridized carbons (Fsp3) is 0.462. The van der Waals surface area contributed by atoms with E-state index in [1.54, 1.807) is 13.8 Å². The van der Waals surface area contributed by atoms with Crippen LogP contribution >= 0.6 is 0 Å². The molecule has 0 amide bonds. The number of carbonyl (C=O) groups is 1. The van der Waals surface area contributed by atoms with Gasteiger partial charge in [0.05, 0.1) is 23.2 Å². The Morgan fingerprint density at radius 1 is 1.35 bits per heavy atom. The van der Waals surface area contributed by atoms with Gasteiger partial charge in [0.2, 0.25) is 10.0 Å². The Balaban J connectivity index is 2.74. The van der Waals surface area contributed by atoms with Crippen molar-refractivity contribution in [1.82, 2.24) is 4.72 Å². The molecule has 0 aliphatic heterocycles. The molecular weight excluding hydrogens is 282 g/mol. The highest BCUT2D eigenvalue weighted by Crippen LogP contribution is 2.11. The maximum absolute atomic E-state index is 11.9. The maximum Gasteiger partial charge on any atom is 0.338 e. The van der Waals surface area contributed by atoms with Gasteiger partial charge in [-0.15, -0.1) is 0 Å². The fourth-order valence-electron chi connectivity index (χ4n) is 1.47. The van der Waals surface area contributed by atoms with Gasteiger partial charge in [0.15, 0.2) is 0 Å². The Bertz CT molecular complexity index is 536. The highest BCUT2D eigenvalue weighted by atomic mass is 32.2. The molecule has 0 aromatic heterocycles. The summed E-state index contributed by atoms with van der Waals surface area (Å²) in [5.74, 6) is -0.487. The molecule has 1 aromatic rings. The van der Waals surface area contributed by atoms with E-state index in [-0.39, 0.29) is 18.0 Å². The Kier molecular flexibility index (Phi) is 6.12. The lowest BCUT2D eigenvalue weighted by Crippen LogP contribution is -2.26. The highest BCUT2D eigenvalue weighted by molar-refractivity contribution is 7.89. The predicted octanol–water partition coefficient (Wildman–Crippen LogP) is 0.912. The van der Waals surface area contributed by atoms with Gasteiger partial charge in [0.25, 0.3) is 0 Å². The zero-order valence-corrected chi connectivity index (χ0v) is 12.3. The summed E-state index contributed by atoms with van der Waals surface area (Å²) in [7, 11) is -3.62. The molecule has 112 valence electrons. The van der Waals surface area contributed by atoms with E-state index >= 15 is 0 Å². The Morgan fingerprint density at radius 2 is 1.95 bits per heavy atom. The monoisotopic (exact) mass is 301 g/mol. The Labute approximate surface area is 118 Å². The van der Waals surface area contributed by atoms with Crippen molar-refractivity contribution in [2.75, 3.05) is 13.2 Å². The van der Waals surface area contributed by atoms with Crippen LogP contribution in [0.5, 0.6) is 0 Å². The first-order chi connectivity index (χ1) is 9.36. The van der Waals surface area contributed by atoms with Crippen molar-refractivity contribution in [3.8, 4) is 0 Å². The molecule has 1 aromatic carbocycles.